The number of carbonyl (C=O) groups is 1. The van der Waals surface area contributed by atoms with Crippen LogP contribution in [-0.4, -0.2) is 40.6 Å². The predicted molar refractivity (Wildman–Crippen MR) is 48.9 cm³/mol. The van der Waals surface area contributed by atoms with Gasteiger partial charge < -0.3 is 24.8 Å². The van der Waals surface area contributed by atoms with Crippen LogP contribution in [0.2, 0.25) is 0 Å². The first-order chi connectivity index (χ1) is 7.02. The van der Waals surface area contributed by atoms with Crippen molar-refractivity contribution in [3.8, 4) is 0 Å². The van der Waals surface area contributed by atoms with E-state index in [1.807, 2.05) is 0 Å². The van der Waals surface area contributed by atoms with Gasteiger partial charge in [-0.2, -0.15) is 0 Å². The number of ether oxygens (including phenoxy) is 2. The van der Waals surface area contributed by atoms with Crippen LogP contribution in [0.25, 0.3) is 0 Å². The first kappa shape index (κ1) is 11.4. The Morgan fingerprint density at radius 1 is 1.67 bits per heavy atom. The van der Waals surface area contributed by atoms with E-state index in [4.69, 9.17) is 0 Å². The molecule has 0 spiro atoms. The zero-order chi connectivity index (χ0) is 11.6. The summed E-state index contributed by atoms with van der Waals surface area (Å²) in [7, 11) is 1.19. The molecule has 1 aliphatic heterocycles. The summed E-state index contributed by atoms with van der Waals surface area (Å²) < 4.78 is 9.20. The summed E-state index contributed by atoms with van der Waals surface area (Å²) in [5.74, 6) is -2.15. The van der Waals surface area contributed by atoms with Crippen molar-refractivity contribution in [1.29, 1.82) is 0 Å². The number of methoxy groups -OCH3 is 1. The number of aliphatic hydroxyl groups is 3. The largest absolute Gasteiger partial charge is 0.510 e. The Morgan fingerprint density at radius 2 is 2.27 bits per heavy atom. The van der Waals surface area contributed by atoms with Crippen molar-refractivity contribution in [3.05, 3.63) is 23.4 Å². The first-order valence-corrected chi connectivity index (χ1v) is 4.24. The van der Waals surface area contributed by atoms with Crippen LogP contribution in [0.4, 0.5) is 0 Å². The highest BCUT2D eigenvalue weighted by atomic mass is 16.6. The van der Waals surface area contributed by atoms with Gasteiger partial charge in [-0.1, -0.05) is 0 Å². The molecular formula is C9H12O6. The number of cyclic esters (lactones) is 1. The summed E-state index contributed by atoms with van der Waals surface area (Å²) in [5.41, 5.74) is 0. The highest BCUT2D eigenvalue weighted by molar-refractivity contribution is 5.89. The second kappa shape index (κ2) is 4.22. The molecular weight excluding hydrogens is 204 g/mol. The molecule has 2 atom stereocenters. The normalized spacial score (nSPS) is 24.1. The quantitative estimate of drug-likeness (QED) is 0.459. The van der Waals surface area contributed by atoms with Crippen LogP contribution in [0.3, 0.4) is 0 Å². The van der Waals surface area contributed by atoms with E-state index in [0.717, 1.165) is 0 Å². The van der Waals surface area contributed by atoms with Gasteiger partial charge in [0.25, 0.3) is 0 Å². The zero-order valence-electron chi connectivity index (χ0n) is 8.30. The molecule has 1 heterocycles. The van der Waals surface area contributed by atoms with Crippen LogP contribution < -0.4 is 0 Å². The molecule has 0 aromatic rings. The predicted octanol–water partition coefficient (Wildman–Crippen LogP) is 0.150. The second-order valence-corrected chi connectivity index (χ2v) is 2.90. The van der Waals surface area contributed by atoms with Gasteiger partial charge in [0.2, 0.25) is 5.76 Å². The molecule has 0 unspecified atom stereocenters. The molecule has 0 bridgehead atoms. The minimum atomic E-state index is -1.49. The number of hydrogen-bond acceptors (Lipinski definition) is 6. The SMILES string of the molecule is CC=C(O)[C@H](O)[C@H]1OC(=O)C(OC)=C1O. The molecule has 1 aliphatic rings. The Morgan fingerprint density at radius 3 is 2.67 bits per heavy atom. The van der Waals surface area contributed by atoms with E-state index in [1.165, 1.54) is 20.1 Å². The Bertz CT molecular complexity index is 329. The molecule has 6 nitrogen and oxygen atoms in total. The lowest BCUT2D eigenvalue weighted by Crippen LogP contribution is -2.30. The van der Waals surface area contributed by atoms with E-state index >= 15 is 0 Å². The second-order valence-electron chi connectivity index (χ2n) is 2.90. The minimum absolute atomic E-state index is 0.358. The molecule has 15 heavy (non-hydrogen) atoms. The van der Waals surface area contributed by atoms with Crippen molar-refractivity contribution >= 4 is 5.97 Å². The summed E-state index contributed by atoms with van der Waals surface area (Å²) in [6.45, 7) is 1.49. The van der Waals surface area contributed by atoms with Crippen molar-refractivity contribution in [2.45, 2.75) is 19.1 Å². The van der Waals surface area contributed by atoms with Crippen molar-refractivity contribution in [2.24, 2.45) is 0 Å². The Kier molecular flexibility index (Phi) is 3.21. The lowest BCUT2D eigenvalue weighted by Gasteiger charge is -2.16. The summed E-state index contributed by atoms with van der Waals surface area (Å²) in [4.78, 5) is 11.1. The molecule has 0 saturated heterocycles. The van der Waals surface area contributed by atoms with Crippen LogP contribution in [0.5, 0.6) is 0 Å². The van der Waals surface area contributed by atoms with Crippen LogP contribution in [0.1, 0.15) is 6.92 Å². The van der Waals surface area contributed by atoms with Crippen LogP contribution in [-0.2, 0) is 14.3 Å². The van der Waals surface area contributed by atoms with Crippen LogP contribution in [0, 0.1) is 0 Å². The molecule has 84 valence electrons. The van der Waals surface area contributed by atoms with Crippen LogP contribution in [0.15, 0.2) is 23.4 Å². The molecule has 0 saturated carbocycles. The smallest absolute Gasteiger partial charge is 0.378 e. The van der Waals surface area contributed by atoms with Crippen molar-refractivity contribution in [2.75, 3.05) is 7.11 Å². The van der Waals surface area contributed by atoms with E-state index in [2.05, 4.69) is 9.47 Å². The lowest BCUT2D eigenvalue weighted by molar-refractivity contribution is -0.146. The van der Waals surface area contributed by atoms with Gasteiger partial charge in [0, 0.05) is 0 Å². The van der Waals surface area contributed by atoms with Gasteiger partial charge >= 0.3 is 5.97 Å². The Labute approximate surface area is 86.0 Å². The maximum Gasteiger partial charge on any atom is 0.378 e. The number of carbonyl (C=O) groups excluding carboxylic acids is 1. The van der Waals surface area contributed by atoms with Gasteiger partial charge in [-0.05, 0) is 13.0 Å². The van der Waals surface area contributed by atoms with E-state index in [9.17, 15) is 20.1 Å². The maximum absolute atomic E-state index is 11.1. The van der Waals surface area contributed by atoms with Gasteiger partial charge in [-0.25, -0.2) is 4.79 Å². The number of allylic oxidation sites excluding steroid dienone is 1. The molecule has 0 aromatic carbocycles. The van der Waals surface area contributed by atoms with Crippen molar-refractivity contribution < 1.29 is 29.6 Å². The van der Waals surface area contributed by atoms with Gasteiger partial charge in [0.15, 0.2) is 18.0 Å². The van der Waals surface area contributed by atoms with Gasteiger partial charge in [0.05, 0.1) is 7.11 Å². The zero-order valence-corrected chi connectivity index (χ0v) is 8.30. The molecule has 6 heteroatoms. The fourth-order valence-corrected chi connectivity index (χ4v) is 1.19. The molecule has 0 aromatic heterocycles. The lowest BCUT2D eigenvalue weighted by atomic mass is 10.1. The summed E-state index contributed by atoms with van der Waals surface area (Å²) in [6.07, 6.45) is -1.58. The maximum atomic E-state index is 11.1. The molecule has 3 N–H and O–H groups in total. The number of esters is 1. The standard InChI is InChI=1S/C9H12O6/c1-3-4(10)5(11)7-6(12)8(14-2)9(13)15-7/h3,5,7,10-12H,1-2H3/t5-,7+/m0/s1. The van der Waals surface area contributed by atoms with Crippen molar-refractivity contribution in [1.82, 2.24) is 0 Å². The molecule has 1 rings (SSSR count). The highest BCUT2D eigenvalue weighted by Crippen LogP contribution is 2.25. The van der Waals surface area contributed by atoms with E-state index < -0.39 is 29.7 Å². The summed E-state index contributed by atoms with van der Waals surface area (Å²) in [5, 5.41) is 28.1. The van der Waals surface area contributed by atoms with Gasteiger partial charge in [-0.3, -0.25) is 0 Å². The number of aliphatic hydroxyl groups excluding tert-OH is 3. The molecule has 0 aliphatic carbocycles. The van der Waals surface area contributed by atoms with Crippen LogP contribution >= 0.6 is 0 Å². The molecule has 0 amide bonds. The summed E-state index contributed by atoms with van der Waals surface area (Å²) in [6, 6.07) is 0. The third-order valence-corrected chi connectivity index (χ3v) is 2.01. The highest BCUT2D eigenvalue weighted by Gasteiger charge is 2.41. The fraction of sp³-hybridized carbons (Fsp3) is 0.444. The Hall–Kier alpha value is -1.69. The topological polar surface area (TPSA) is 96.2 Å². The van der Waals surface area contributed by atoms with Gasteiger partial charge in [0.1, 0.15) is 5.76 Å². The van der Waals surface area contributed by atoms with E-state index in [1.54, 1.807) is 0 Å². The third kappa shape index (κ3) is 1.89. The minimum Gasteiger partial charge on any atom is -0.510 e. The summed E-state index contributed by atoms with van der Waals surface area (Å²) >= 11 is 0. The number of hydrogen-bond donors (Lipinski definition) is 3. The Balaban J connectivity index is 2.93. The number of rotatable bonds is 3. The first-order valence-electron chi connectivity index (χ1n) is 4.24. The molecule has 0 radical (unpaired) electrons. The third-order valence-electron chi connectivity index (χ3n) is 2.01. The average Bonchev–Trinajstić information content (AvgIpc) is 2.51. The van der Waals surface area contributed by atoms with E-state index in [0.29, 0.717) is 0 Å². The monoisotopic (exact) mass is 216 g/mol. The molecule has 0 fully saturated rings. The van der Waals surface area contributed by atoms with Crippen molar-refractivity contribution in [3.63, 3.8) is 0 Å². The average molecular weight is 216 g/mol. The van der Waals surface area contributed by atoms with E-state index in [-0.39, 0.29) is 5.76 Å². The van der Waals surface area contributed by atoms with Gasteiger partial charge in [-0.15, -0.1) is 0 Å². The fourth-order valence-electron chi connectivity index (χ4n) is 1.19.